The molecule has 0 unspecified atom stereocenters. The van der Waals surface area contributed by atoms with Crippen molar-refractivity contribution in [1.82, 2.24) is 4.98 Å². The first-order valence-electron chi connectivity index (χ1n) is 8.71. The molecule has 4 heteroatoms. The lowest BCUT2D eigenvalue weighted by molar-refractivity contribution is 0.818. The van der Waals surface area contributed by atoms with Crippen LogP contribution in [0.15, 0.2) is 89.7 Å². The molecule has 0 atom stereocenters. The van der Waals surface area contributed by atoms with E-state index in [-0.39, 0.29) is 24.8 Å². The molecule has 0 spiro atoms. The smallest absolute Gasteiger partial charge is 0.0694 e. The Balaban J connectivity index is 0.00000131. The van der Waals surface area contributed by atoms with Crippen LogP contribution in [0.4, 0.5) is 0 Å². The molecule has 0 aliphatic carbocycles. The van der Waals surface area contributed by atoms with Crippen molar-refractivity contribution in [1.29, 1.82) is 0 Å². The molecule has 0 N–H and O–H groups in total. The highest BCUT2D eigenvalue weighted by Gasteiger charge is 2.14. The number of pyridine rings is 1. The molecule has 1 aliphatic heterocycles. The normalized spacial score (nSPS) is 14.7. The Labute approximate surface area is 172 Å². The highest BCUT2D eigenvalue weighted by molar-refractivity contribution is 6.15. The van der Waals surface area contributed by atoms with Crippen LogP contribution in [0.5, 0.6) is 0 Å². The van der Waals surface area contributed by atoms with Gasteiger partial charge in [-0.15, -0.1) is 24.8 Å². The van der Waals surface area contributed by atoms with E-state index in [2.05, 4.69) is 65.7 Å². The van der Waals surface area contributed by atoms with E-state index in [4.69, 9.17) is 4.99 Å². The van der Waals surface area contributed by atoms with Gasteiger partial charge in [-0.3, -0.25) is 9.98 Å². The fourth-order valence-electron chi connectivity index (χ4n) is 3.20. The van der Waals surface area contributed by atoms with E-state index < -0.39 is 0 Å². The predicted octanol–water partition coefficient (Wildman–Crippen LogP) is 6.26. The fourth-order valence-corrected chi connectivity index (χ4v) is 3.20. The molecule has 2 aromatic carbocycles. The van der Waals surface area contributed by atoms with Gasteiger partial charge < -0.3 is 0 Å². The van der Waals surface area contributed by atoms with E-state index in [9.17, 15) is 0 Å². The number of rotatable bonds is 3. The SMILES string of the molecule is C(=C1/CCCN=C1c1cccnc1)/c1ccc(-c2ccccc2)cc1.Cl.Cl. The summed E-state index contributed by atoms with van der Waals surface area (Å²) in [5, 5.41) is 0. The summed E-state index contributed by atoms with van der Waals surface area (Å²) in [6.45, 7) is 0.897. The molecular weight excluding hydrogens is 375 g/mol. The van der Waals surface area contributed by atoms with Gasteiger partial charge in [-0.1, -0.05) is 54.6 Å². The summed E-state index contributed by atoms with van der Waals surface area (Å²) >= 11 is 0. The van der Waals surface area contributed by atoms with Gasteiger partial charge >= 0.3 is 0 Å². The van der Waals surface area contributed by atoms with Crippen molar-refractivity contribution in [2.75, 3.05) is 6.54 Å². The summed E-state index contributed by atoms with van der Waals surface area (Å²) < 4.78 is 0. The lowest BCUT2D eigenvalue weighted by Crippen LogP contribution is -2.11. The van der Waals surface area contributed by atoms with Crippen molar-refractivity contribution >= 4 is 36.6 Å². The van der Waals surface area contributed by atoms with E-state index in [0.717, 1.165) is 30.7 Å². The van der Waals surface area contributed by atoms with Gasteiger partial charge in [-0.2, -0.15) is 0 Å². The Bertz CT molecular complexity index is 902. The molecule has 3 aromatic rings. The quantitative estimate of drug-likeness (QED) is 0.512. The molecule has 2 heterocycles. The van der Waals surface area contributed by atoms with Crippen molar-refractivity contribution in [3.05, 3.63) is 95.8 Å². The van der Waals surface area contributed by atoms with Crippen molar-refractivity contribution in [2.45, 2.75) is 12.8 Å². The minimum absolute atomic E-state index is 0. The number of benzene rings is 2. The van der Waals surface area contributed by atoms with Crippen LogP contribution in [0.1, 0.15) is 24.0 Å². The zero-order valence-electron chi connectivity index (χ0n) is 14.9. The van der Waals surface area contributed by atoms with Gasteiger partial charge in [0.25, 0.3) is 0 Å². The van der Waals surface area contributed by atoms with Crippen LogP contribution < -0.4 is 0 Å². The molecule has 0 bridgehead atoms. The number of hydrogen-bond acceptors (Lipinski definition) is 2. The highest BCUT2D eigenvalue weighted by atomic mass is 35.5. The molecule has 0 fully saturated rings. The molecule has 0 radical (unpaired) electrons. The van der Waals surface area contributed by atoms with Gasteiger partial charge in [0, 0.05) is 24.5 Å². The third-order valence-corrected chi connectivity index (χ3v) is 4.47. The van der Waals surface area contributed by atoms with E-state index in [1.807, 2.05) is 18.3 Å². The van der Waals surface area contributed by atoms with Crippen LogP contribution in [0.2, 0.25) is 0 Å². The second-order valence-electron chi connectivity index (χ2n) is 6.23. The van der Waals surface area contributed by atoms with Gasteiger partial charge in [-0.25, -0.2) is 0 Å². The second-order valence-corrected chi connectivity index (χ2v) is 6.23. The van der Waals surface area contributed by atoms with Gasteiger partial charge in [0.1, 0.15) is 0 Å². The van der Waals surface area contributed by atoms with Crippen LogP contribution in [0.25, 0.3) is 17.2 Å². The monoisotopic (exact) mass is 396 g/mol. The van der Waals surface area contributed by atoms with Crippen LogP contribution in [0.3, 0.4) is 0 Å². The molecule has 27 heavy (non-hydrogen) atoms. The maximum atomic E-state index is 4.75. The first-order chi connectivity index (χ1) is 12.4. The minimum atomic E-state index is 0. The zero-order valence-corrected chi connectivity index (χ0v) is 16.5. The average molecular weight is 397 g/mol. The Morgan fingerprint density at radius 3 is 2.15 bits per heavy atom. The van der Waals surface area contributed by atoms with Gasteiger partial charge in [0.15, 0.2) is 0 Å². The third kappa shape index (κ3) is 5.06. The number of halogens is 2. The number of aromatic nitrogens is 1. The predicted molar refractivity (Wildman–Crippen MR) is 119 cm³/mol. The maximum absolute atomic E-state index is 4.75. The lowest BCUT2D eigenvalue weighted by atomic mass is 9.94. The fraction of sp³-hybridized carbons (Fsp3) is 0.130. The zero-order chi connectivity index (χ0) is 16.9. The molecule has 0 saturated carbocycles. The molecule has 2 nitrogen and oxygen atoms in total. The van der Waals surface area contributed by atoms with E-state index in [1.165, 1.54) is 22.3 Å². The van der Waals surface area contributed by atoms with Gasteiger partial charge in [0.2, 0.25) is 0 Å². The van der Waals surface area contributed by atoms with Gasteiger partial charge in [-0.05, 0) is 53.3 Å². The van der Waals surface area contributed by atoms with Crippen molar-refractivity contribution in [3.8, 4) is 11.1 Å². The Morgan fingerprint density at radius 2 is 1.44 bits per heavy atom. The van der Waals surface area contributed by atoms with Crippen molar-refractivity contribution < 1.29 is 0 Å². The molecular formula is C23H22Cl2N2. The van der Waals surface area contributed by atoms with E-state index >= 15 is 0 Å². The average Bonchev–Trinajstić information content (AvgIpc) is 2.70. The van der Waals surface area contributed by atoms with Crippen LogP contribution >= 0.6 is 24.8 Å². The number of hydrogen-bond donors (Lipinski definition) is 0. The number of allylic oxidation sites excluding steroid dienone is 1. The molecule has 0 amide bonds. The Hall–Kier alpha value is -2.42. The minimum Gasteiger partial charge on any atom is -0.284 e. The Morgan fingerprint density at radius 1 is 0.741 bits per heavy atom. The van der Waals surface area contributed by atoms with Crippen LogP contribution in [-0.4, -0.2) is 17.2 Å². The standard InChI is InChI=1S/C23H20N2.2ClH/c1-2-6-19(7-3-1)20-12-10-18(11-13-20)16-21-8-5-15-25-23(21)22-9-4-14-24-17-22;;/h1-4,6-7,9-14,16-17H,5,8,15H2;2*1H/b21-16+;;. The first-order valence-corrected chi connectivity index (χ1v) is 8.71. The van der Waals surface area contributed by atoms with Crippen molar-refractivity contribution in [2.24, 2.45) is 4.99 Å². The van der Waals surface area contributed by atoms with Crippen LogP contribution in [0, 0.1) is 0 Å². The highest BCUT2D eigenvalue weighted by Crippen LogP contribution is 2.24. The topological polar surface area (TPSA) is 25.2 Å². The number of nitrogens with zero attached hydrogens (tertiary/aromatic N) is 2. The molecule has 4 rings (SSSR count). The summed E-state index contributed by atoms with van der Waals surface area (Å²) in [6, 6.07) is 23.3. The number of aliphatic imine (C=N–C) groups is 1. The molecule has 1 aromatic heterocycles. The summed E-state index contributed by atoms with van der Waals surface area (Å²) in [4.78, 5) is 8.99. The molecule has 0 saturated heterocycles. The van der Waals surface area contributed by atoms with E-state index in [1.54, 1.807) is 6.20 Å². The molecule has 138 valence electrons. The maximum Gasteiger partial charge on any atom is 0.0694 e. The lowest BCUT2D eigenvalue weighted by Gasteiger charge is -2.16. The summed E-state index contributed by atoms with van der Waals surface area (Å²) in [7, 11) is 0. The third-order valence-electron chi connectivity index (χ3n) is 4.47. The summed E-state index contributed by atoms with van der Waals surface area (Å²) in [5.41, 5.74) is 7.20. The first kappa shape index (κ1) is 20.9. The van der Waals surface area contributed by atoms with Gasteiger partial charge in [0.05, 0.1) is 5.71 Å². The summed E-state index contributed by atoms with van der Waals surface area (Å²) in [6.07, 6.45) is 8.14. The largest absolute Gasteiger partial charge is 0.284 e. The van der Waals surface area contributed by atoms with E-state index in [0.29, 0.717) is 0 Å². The summed E-state index contributed by atoms with van der Waals surface area (Å²) in [5.74, 6) is 0. The molecule has 1 aliphatic rings. The Kier molecular flexibility index (Phi) is 7.78. The van der Waals surface area contributed by atoms with Crippen molar-refractivity contribution in [3.63, 3.8) is 0 Å². The second kappa shape index (κ2) is 10.1. The van der Waals surface area contributed by atoms with Crippen LogP contribution in [-0.2, 0) is 0 Å².